The summed E-state index contributed by atoms with van der Waals surface area (Å²) in [7, 11) is 0. The fourth-order valence-corrected chi connectivity index (χ4v) is 5.83. The Labute approximate surface area is 212 Å². The number of aromatic amines is 1. The van der Waals surface area contributed by atoms with E-state index in [1.54, 1.807) is 0 Å². The van der Waals surface area contributed by atoms with E-state index in [9.17, 15) is 4.79 Å². The van der Waals surface area contributed by atoms with Crippen molar-refractivity contribution >= 4 is 22.6 Å². The molecule has 2 unspecified atom stereocenters. The molecular weight excluding hydrogens is 541 g/mol. The third kappa shape index (κ3) is 4.10. The SMILES string of the molecule is CCCCc1c(I)n(C2C(C)C2C)c(=O)n1Cc1ccc(-c2ccccc2-c2nnn[nH]2)nc1. The van der Waals surface area contributed by atoms with Crippen molar-refractivity contribution in [3.63, 3.8) is 0 Å². The molecule has 34 heavy (non-hydrogen) atoms. The first kappa shape index (κ1) is 22.9. The maximum atomic E-state index is 13.5. The molecule has 1 aromatic carbocycles. The molecule has 8 nitrogen and oxygen atoms in total. The zero-order valence-corrected chi connectivity index (χ0v) is 21.7. The lowest BCUT2D eigenvalue weighted by molar-refractivity contribution is 0.602. The average molecular weight is 569 g/mol. The van der Waals surface area contributed by atoms with Crippen LogP contribution in [0.4, 0.5) is 0 Å². The molecule has 0 aliphatic heterocycles. The van der Waals surface area contributed by atoms with Gasteiger partial charge in [0.05, 0.1) is 17.9 Å². The van der Waals surface area contributed by atoms with E-state index in [4.69, 9.17) is 4.98 Å². The van der Waals surface area contributed by atoms with Gasteiger partial charge in [0.25, 0.3) is 0 Å². The molecule has 1 aliphatic rings. The molecule has 0 saturated heterocycles. The molecule has 4 aromatic rings. The van der Waals surface area contributed by atoms with Crippen LogP contribution >= 0.6 is 22.6 Å². The maximum absolute atomic E-state index is 13.5. The van der Waals surface area contributed by atoms with Crippen LogP contribution in [-0.4, -0.2) is 34.7 Å². The third-order valence-corrected chi connectivity index (χ3v) is 8.15. The highest BCUT2D eigenvalue weighted by Crippen LogP contribution is 2.49. The predicted molar refractivity (Wildman–Crippen MR) is 139 cm³/mol. The van der Waals surface area contributed by atoms with Crippen LogP contribution in [0, 0.1) is 15.5 Å². The summed E-state index contributed by atoms with van der Waals surface area (Å²) < 4.78 is 5.08. The number of unbranched alkanes of at least 4 members (excludes halogenated alkanes) is 1. The Hall–Kier alpha value is -2.82. The van der Waals surface area contributed by atoms with Gasteiger partial charge in [-0.2, -0.15) is 0 Å². The summed E-state index contributed by atoms with van der Waals surface area (Å²) in [5.74, 6) is 1.69. The number of H-pyrrole nitrogens is 1. The molecule has 176 valence electrons. The van der Waals surface area contributed by atoms with Crippen molar-refractivity contribution in [2.45, 2.75) is 52.6 Å². The average Bonchev–Trinajstić information content (AvgIpc) is 3.21. The van der Waals surface area contributed by atoms with E-state index in [0.717, 1.165) is 51.0 Å². The van der Waals surface area contributed by atoms with Gasteiger partial charge in [0.2, 0.25) is 0 Å². The van der Waals surface area contributed by atoms with Crippen molar-refractivity contribution in [1.82, 2.24) is 34.7 Å². The van der Waals surface area contributed by atoms with Crippen molar-refractivity contribution in [2.75, 3.05) is 0 Å². The van der Waals surface area contributed by atoms with E-state index in [2.05, 4.69) is 70.1 Å². The number of nitrogens with zero attached hydrogens (tertiary/aromatic N) is 6. The van der Waals surface area contributed by atoms with Crippen molar-refractivity contribution in [3.8, 4) is 22.6 Å². The third-order valence-electron chi connectivity index (χ3n) is 7.01. The number of pyridine rings is 1. The molecule has 5 rings (SSSR count). The molecule has 3 heterocycles. The number of hydrogen-bond donors (Lipinski definition) is 1. The lowest BCUT2D eigenvalue weighted by atomic mass is 10.0. The fourth-order valence-electron chi connectivity index (χ4n) is 4.74. The zero-order chi connectivity index (χ0) is 23.8. The molecule has 1 aliphatic carbocycles. The quantitative estimate of drug-likeness (QED) is 0.310. The minimum absolute atomic E-state index is 0.101. The number of hydrogen-bond acceptors (Lipinski definition) is 5. The molecule has 9 heteroatoms. The van der Waals surface area contributed by atoms with E-state index < -0.39 is 0 Å². The Morgan fingerprint density at radius 2 is 1.85 bits per heavy atom. The van der Waals surface area contributed by atoms with Crippen LogP contribution in [0.2, 0.25) is 0 Å². The van der Waals surface area contributed by atoms with E-state index in [0.29, 0.717) is 30.2 Å². The molecule has 2 atom stereocenters. The minimum Gasteiger partial charge on any atom is -0.291 e. The van der Waals surface area contributed by atoms with Gasteiger partial charge in [-0.15, -0.1) is 5.10 Å². The number of rotatable bonds is 8. The monoisotopic (exact) mass is 569 g/mol. The molecule has 0 radical (unpaired) electrons. The Morgan fingerprint density at radius 1 is 1.09 bits per heavy atom. The number of imidazole rings is 1. The summed E-state index contributed by atoms with van der Waals surface area (Å²) in [6.07, 6.45) is 4.95. The molecular formula is C25H28IN7O. The normalized spacial score (nSPS) is 19.5. The first-order chi connectivity index (χ1) is 16.5. The first-order valence-corrected chi connectivity index (χ1v) is 12.9. The van der Waals surface area contributed by atoms with Gasteiger partial charge >= 0.3 is 5.69 Å². The summed E-state index contributed by atoms with van der Waals surface area (Å²) in [4.78, 5) is 18.2. The predicted octanol–water partition coefficient (Wildman–Crippen LogP) is 4.71. The Balaban J connectivity index is 1.46. The lowest BCUT2D eigenvalue weighted by Gasteiger charge is -2.09. The van der Waals surface area contributed by atoms with E-state index in [-0.39, 0.29) is 5.69 Å². The van der Waals surface area contributed by atoms with Gasteiger partial charge in [0, 0.05) is 23.4 Å². The highest BCUT2D eigenvalue weighted by Gasteiger charge is 2.46. The van der Waals surface area contributed by atoms with E-state index in [1.807, 2.05) is 45.7 Å². The van der Waals surface area contributed by atoms with Crippen molar-refractivity contribution in [1.29, 1.82) is 0 Å². The van der Waals surface area contributed by atoms with Gasteiger partial charge in [-0.3, -0.25) is 14.1 Å². The van der Waals surface area contributed by atoms with Crippen LogP contribution in [0.15, 0.2) is 47.4 Å². The highest BCUT2D eigenvalue weighted by molar-refractivity contribution is 14.1. The molecule has 3 aromatic heterocycles. The van der Waals surface area contributed by atoms with Crippen LogP contribution in [-0.2, 0) is 13.0 Å². The number of tetrazole rings is 1. The van der Waals surface area contributed by atoms with Gasteiger partial charge in [-0.1, -0.05) is 57.5 Å². The van der Waals surface area contributed by atoms with E-state index >= 15 is 0 Å². The smallest absolute Gasteiger partial charge is 0.291 e. The highest BCUT2D eigenvalue weighted by atomic mass is 127. The molecule has 1 saturated carbocycles. The minimum atomic E-state index is 0.101. The van der Waals surface area contributed by atoms with E-state index in [1.165, 1.54) is 0 Å². The molecule has 1 fully saturated rings. The van der Waals surface area contributed by atoms with Gasteiger partial charge in [0.15, 0.2) is 5.82 Å². The van der Waals surface area contributed by atoms with Crippen LogP contribution in [0.5, 0.6) is 0 Å². The number of halogens is 1. The van der Waals surface area contributed by atoms with Crippen molar-refractivity contribution in [2.24, 2.45) is 11.8 Å². The lowest BCUT2D eigenvalue weighted by Crippen LogP contribution is -2.26. The molecule has 0 bridgehead atoms. The Kier molecular flexibility index (Phi) is 6.37. The maximum Gasteiger partial charge on any atom is 0.329 e. The van der Waals surface area contributed by atoms with Gasteiger partial charge in [0.1, 0.15) is 3.70 Å². The second kappa shape index (κ2) is 9.44. The summed E-state index contributed by atoms with van der Waals surface area (Å²) in [5.41, 5.74) is 4.93. The summed E-state index contributed by atoms with van der Waals surface area (Å²) in [5, 5.41) is 14.3. The van der Waals surface area contributed by atoms with Gasteiger partial charge < -0.3 is 0 Å². The van der Waals surface area contributed by atoms with Crippen molar-refractivity contribution in [3.05, 3.63) is 68.0 Å². The zero-order valence-electron chi connectivity index (χ0n) is 19.6. The van der Waals surface area contributed by atoms with Crippen LogP contribution in [0.1, 0.15) is 50.9 Å². The Bertz CT molecular complexity index is 1330. The number of nitrogens with one attached hydrogen (secondary N) is 1. The number of benzene rings is 1. The summed E-state index contributed by atoms with van der Waals surface area (Å²) >= 11 is 2.37. The van der Waals surface area contributed by atoms with Crippen LogP contribution in [0.25, 0.3) is 22.6 Å². The fraction of sp³-hybridized carbons (Fsp3) is 0.400. The van der Waals surface area contributed by atoms with Gasteiger partial charge in [-0.25, -0.2) is 9.89 Å². The second-order valence-corrected chi connectivity index (χ2v) is 10.2. The second-order valence-electron chi connectivity index (χ2n) is 9.14. The molecule has 0 spiro atoms. The molecule has 1 N–H and O–H groups in total. The number of aromatic nitrogens is 7. The van der Waals surface area contributed by atoms with Crippen molar-refractivity contribution < 1.29 is 0 Å². The van der Waals surface area contributed by atoms with Crippen LogP contribution < -0.4 is 5.69 Å². The molecule has 0 amide bonds. The first-order valence-electron chi connectivity index (χ1n) is 11.8. The largest absolute Gasteiger partial charge is 0.329 e. The van der Waals surface area contributed by atoms with Gasteiger partial charge in [-0.05, 0) is 69.3 Å². The standard InChI is InChI=1S/C25H28IN7O/c1-4-5-10-21-23(26)33(22-15(2)16(22)3)25(34)32(21)14-17-11-12-20(27-13-17)18-8-6-7-9-19(18)24-28-30-31-29-24/h6-9,11-13,15-16,22H,4-5,10,14H2,1-3H3,(H,28,29,30,31). The topological polar surface area (TPSA) is 94.3 Å². The Morgan fingerprint density at radius 3 is 2.47 bits per heavy atom. The summed E-state index contributed by atoms with van der Waals surface area (Å²) in [6, 6.07) is 12.3. The summed E-state index contributed by atoms with van der Waals surface area (Å²) in [6.45, 7) is 7.18. The van der Waals surface area contributed by atoms with Crippen LogP contribution in [0.3, 0.4) is 0 Å².